The van der Waals surface area contributed by atoms with Crippen molar-refractivity contribution in [1.82, 2.24) is 9.78 Å². The number of aryl methyl sites for hydroxylation is 2. The number of nitrogens with one attached hydrogen (secondary N) is 2. The molecule has 172 valence electrons. The van der Waals surface area contributed by atoms with Gasteiger partial charge in [0.05, 0.1) is 29.1 Å². The molecule has 0 radical (unpaired) electrons. The summed E-state index contributed by atoms with van der Waals surface area (Å²) in [6.07, 6.45) is 0. The molecule has 4 aromatic rings. The van der Waals surface area contributed by atoms with Crippen LogP contribution < -0.4 is 10.6 Å². The van der Waals surface area contributed by atoms with Crippen molar-refractivity contribution in [2.75, 3.05) is 10.6 Å². The quantitative estimate of drug-likeness (QED) is 0.367. The molecule has 0 saturated carbocycles. The number of carbonyl (C=O) groups excluding carboxylic acids is 2. The van der Waals surface area contributed by atoms with E-state index < -0.39 is 5.91 Å². The fraction of sp³-hybridized carbons (Fsp3) is 0.115. The monoisotopic (exact) mass is 476 g/mol. The molecule has 0 saturated heterocycles. The number of amides is 2. The van der Waals surface area contributed by atoms with E-state index in [0.717, 1.165) is 11.1 Å². The van der Waals surface area contributed by atoms with Crippen LogP contribution >= 0.6 is 11.6 Å². The summed E-state index contributed by atoms with van der Waals surface area (Å²) in [6.45, 7) is 3.90. The van der Waals surface area contributed by atoms with Gasteiger partial charge in [-0.3, -0.25) is 9.59 Å². The van der Waals surface area contributed by atoms with Crippen molar-refractivity contribution in [3.63, 3.8) is 0 Å². The topological polar surface area (TPSA) is 76.0 Å². The summed E-state index contributed by atoms with van der Waals surface area (Å²) in [6, 6.07) is 20.1. The van der Waals surface area contributed by atoms with Crippen molar-refractivity contribution in [1.29, 1.82) is 0 Å². The lowest BCUT2D eigenvalue weighted by Crippen LogP contribution is -2.19. The van der Waals surface area contributed by atoms with E-state index in [-0.39, 0.29) is 29.0 Å². The van der Waals surface area contributed by atoms with Crippen molar-refractivity contribution >= 4 is 34.8 Å². The number of anilines is 2. The van der Waals surface area contributed by atoms with Gasteiger partial charge in [0.2, 0.25) is 0 Å². The van der Waals surface area contributed by atoms with Crippen LogP contribution in [0.2, 0.25) is 5.15 Å². The van der Waals surface area contributed by atoms with Crippen LogP contribution in [-0.2, 0) is 6.54 Å². The Morgan fingerprint density at radius 3 is 2.41 bits per heavy atom. The van der Waals surface area contributed by atoms with Crippen molar-refractivity contribution in [3.05, 3.63) is 112 Å². The fourth-order valence-corrected chi connectivity index (χ4v) is 3.90. The Labute approximate surface area is 201 Å². The van der Waals surface area contributed by atoms with Crippen molar-refractivity contribution in [2.45, 2.75) is 20.4 Å². The molecule has 0 aliphatic rings. The van der Waals surface area contributed by atoms with Gasteiger partial charge in [-0.05, 0) is 61.4 Å². The maximum Gasteiger partial charge on any atom is 0.260 e. The molecule has 1 heterocycles. The van der Waals surface area contributed by atoms with Crippen LogP contribution in [0.5, 0.6) is 0 Å². The Hall–Kier alpha value is -3.97. The first-order valence-electron chi connectivity index (χ1n) is 10.6. The second-order valence-corrected chi connectivity index (χ2v) is 8.22. The molecule has 0 fully saturated rings. The molecule has 4 rings (SSSR count). The predicted molar refractivity (Wildman–Crippen MR) is 131 cm³/mol. The number of hydrogen-bond donors (Lipinski definition) is 2. The number of aromatic nitrogens is 2. The summed E-state index contributed by atoms with van der Waals surface area (Å²) in [5, 5.41) is 10.2. The molecule has 0 unspecified atom stereocenters. The number of rotatable bonds is 6. The van der Waals surface area contributed by atoms with Crippen LogP contribution in [-0.4, -0.2) is 21.6 Å². The molecular formula is C26H22ClFN4O2. The van der Waals surface area contributed by atoms with E-state index in [0.29, 0.717) is 22.6 Å². The van der Waals surface area contributed by atoms with E-state index in [2.05, 4.69) is 15.7 Å². The van der Waals surface area contributed by atoms with E-state index in [1.807, 2.05) is 25.1 Å². The number of halogens is 2. The molecular weight excluding hydrogens is 455 g/mol. The van der Waals surface area contributed by atoms with Crippen LogP contribution in [0.1, 0.15) is 37.5 Å². The molecule has 6 nitrogen and oxygen atoms in total. The van der Waals surface area contributed by atoms with Crippen LogP contribution in [0.25, 0.3) is 0 Å². The lowest BCUT2D eigenvalue weighted by molar-refractivity contribution is 0.102. The molecule has 1 aromatic heterocycles. The molecule has 3 aromatic carbocycles. The molecule has 2 N–H and O–H groups in total. The number of hydrogen-bond acceptors (Lipinski definition) is 3. The first-order chi connectivity index (χ1) is 16.3. The van der Waals surface area contributed by atoms with E-state index in [4.69, 9.17) is 11.6 Å². The summed E-state index contributed by atoms with van der Waals surface area (Å²) >= 11 is 6.48. The Bertz CT molecular complexity index is 1370. The number of carbonyl (C=O) groups is 2. The minimum absolute atomic E-state index is 0.154. The first-order valence-corrected chi connectivity index (χ1v) is 11.0. The molecule has 34 heavy (non-hydrogen) atoms. The second-order valence-electron chi connectivity index (χ2n) is 7.86. The highest BCUT2D eigenvalue weighted by Gasteiger charge is 2.22. The first kappa shape index (κ1) is 23.2. The molecule has 8 heteroatoms. The van der Waals surface area contributed by atoms with Crippen LogP contribution in [0.15, 0.2) is 72.8 Å². The molecule has 0 bridgehead atoms. The Kier molecular flexibility index (Phi) is 6.75. The third-order valence-corrected chi connectivity index (χ3v) is 5.62. The minimum Gasteiger partial charge on any atom is -0.322 e. The zero-order valence-electron chi connectivity index (χ0n) is 18.6. The van der Waals surface area contributed by atoms with Gasteiger partial charge in [0.15, 0.2) is 0 Å². The highest BCUT2D eigenvalue weighted by molar-refractivity contribution is 6.33. The Balaban J connectivity index is 1.55. The minimum atomic E-state index is -0.483. The van der Waals surface area contributed by atoms with E-state index in [9.17, 15) is 14.0 Å². The normalized spacial score (nSPS) is 10.7. The largest absolute Gasteiger partial charge is 0.322 e. The average Bonchev–Trinajstić information content (AvgIpc) is 3.08. The zero-order chi connectivity index (χ0) is 24.2. The third-order valence-electron chi connectivity index (χ3n) is 5.23. The summed E-state index contributed by atoms with van der Waals surface area (Å²) in [5.74, 6) is -1.17. The molecule has 0 aliphatic heterocycles. The van der Waals surface area contributed by atoms with Crippen molar-refractivity contribution < 1.29 is 14.0 Å². The molecule has 0 atom stereocenters. The molecule has 0 aliphatic carbocycles. The lowest BCUT2D eigenvalue weighted by Gasteiger charge is -2.12. The standard InChI is InChI=1S/C26H22ClFN4O2/c1-16-6-5-7-20(14-16)29-25(33)21-8-3-4-9-22(21)30-26(34)23-17(2)31-32(24(23)27)15-18-10-12-19(28)13-11-18/h3-14H,15H2,1-2H3,(H,29,33)(H,30,34). The van der Waals surface area contributed by atoms with E-state index in [1.165, 1.54) is 16.8 Å². The van der Waals surface area contributed by atoms with Crippen LogP contribution in [0, 0.1) is 19.7 Å². The van der Waals surface area contributed by atoms with Gasteiger partial charge in [0.25, 0.3) is 11.8 Å². The van der Waals surface area contributed by atoms with Gasteiger partial charge in [0.1, 0.15) is 11.0 Å². The summed E-state index contributed by atoms with van der Waals surface area (Å²) < 4.78 is 14.7. The summed E-state index contributed by atoms with van der Waals surface area (Å²) in [5.41, 5.74) is 3.76. The van der Waals surface area contributed by atoms with Gasteiger partial charge in [-0.25, -0.2) is 9.07 Å². The fourth-order valence-electron chi connectivity index (χ4n) is 3.57. The maximum absolute atomic E-state index is 13.2. The van der Waals surface area contributed by atoms with Crippen molar-refractivity contribution in [3.8, 4) is 0 Å². The number of nitrogens with zero attached hydrogens (tertiary/aromatic N) is 2. The van der Waals surface area contributed by atoms with E-state index >= 15 is 0 Å². The van der Waals surface area contributed by atoms with Crippen LogP contribution in [0.3, 0.4) is 0 Å². The smallest absolute Gasteiger partial charge is 0.260 e. The predicted octanol–water partition coefficient (Wildman–Crippen LogP) is 5.85. The average molecular weight is 477 g/mol. The number of para-hydroxylation sites is 1. The van der Waals surface area contributed by atoms with Gasteiger partial charge in [-0.1, -0.05) is 48.0 Å². The highest BCUT2D eigenvalue weighted by Crippen LogP contribution is 2.24. The number of benzene rings is 3. The van der Waals surface area contributed by atoms with Gasteiger partial charge in [-0.15, -0.1) is 0 Å². The SMILES string of the molecule is Cc1cccc(NC(=O)c2ccccc2NC(=O)c2c(C)nn(Cc3ccc(F)cc3)c2Cl)c1. The van der Waals surface area contributed by atoms with Crippen LogP contribution in [0.4, 0.5) is 15.8 Å². The zero-order valence-corrected chi connectivity index (χ0v) is 19.4. The Morgan fingerprint density at radius 2 is 1.68 bits per heavy atom. The molecule has 0 spiro atoms. The van der Waals surface area contributed by atoms with Gasteiger partial charge < -0.3 is 10.6 Å². The van der Waals surface area contributed by atoms with Crippen molar-refractivity contribution in [2.24, 2.45) is 0 Å². The Morgan fingerprint density at radius 1 is 0.941 bits per heavy atom. The molecule has 2 amide bonds. The summed E-state index contributed by atoms with van der Waals surface area (Å²) in [4.78, 5) is 26.0. The second kappa shape index (κ2) is 9.89. The third kappa shape index (κ3) is 5.15. The highest BCUT2D eigenvalue weighted by atomic mass is 35.5. The van der Waals surface area contributed by atoms with E-state index in [1.54, 1.807) is 49.4 Å². The lowest BCUT2D eigenvalue weighted by atomic mass is 10.1. The summed E-state index contributed by atoms with van der Waals surface area (Å²) in [7, 11) is 0. The maximum atomic E-state index is 13.2. The van der Waals surface area contributed by atoms with Gasteiger partial charge >= 0.3 is 0 Å². The van der Waals surface area contributed by atoms with Gasteiger partial charge in [-0.2, -0.15) is 5.10 Å². The van der Waals surface area contributed by atoms with Gasteiger partial charge in [0, 0.05) is 5.69 Å².